The van der Waals surface area contributed by atoms with Crippen LogP contribution < -0.4 is 10.6 Å². The number of carbonyl (C=O) groups excluding carboxylic acids is 2. The number of hydrogen-bond donors (Lipinski definition) is 2. The Morgan fingerprint density at radius 1 is 0.829 bits per heavy atom. The van der Waals surface area contributed by atoms with Gasteiger partial charge in [-0.3, -0.25) is 9.59 Å². The Kier molecular flexibility index (Phi) is 7.19. The highest BCUT2D eigenvalue weighted by Gasteiger charge is 2.67. The molecule has 2 atom stereocenters. The molecule has 1 fully saturated rings. The maximum atomic E-state index is 13.9. The largest absolute Gasteiger partial charge is 0.326 e. The molecule has 0 bridgehead atoms. The van der Waals surface area contributed by atoms with Crippen LogP contribution in [-0.2, 0) is 4.79 Å². The molecule has 3 aromatic rings. The zero-order valence-electron chi connectivity index (χ0n) is 17.1. The molecule has 1 saturated carbocycles. The molecule has 0 unspecified atom stereocenters. The fourth-order valence-corrected chi connectivity index (χ4v) is 5.24. The van der Waals surface area contributed by atoms with Crippen LogP contribution in [0.4, 0.5) is 24.5 Å². The number of amides is 2. The molecule has 3 aromatic carbocycles. The molecule has 35 heavy (non-hydrogen) atoms. The van der Waals surface area contributed by atoms with Gasteiger partial charge in [0, 0.05) is 33.8 Å². The van der Waals surface area contributed by atoms with Crippen LogP contribution in [-0.4, -0.2) is 16.1 Å². The number of alkyl halides is 2. The van der Waals surface area contributed by atoms with Crippen LogP contribution in [0.1, 0.15) is 21.8 Å². The van der Waals surface area contributed by atoms with Gasteiger partial charge in [0.2, 0.25) is 5.91 Å². The van der Waals surface area contributed by atoms with Crippen LogP contribution in [0.2, 0.25) is 15.1 Å². The normalized spacial score (nSPS) is 18.2. The van der Waals surface area contributed by atoms with Crippen molar-refractivity contribution in [3.05, 3.63) is 92.2 Å². The molecule has 0 aromatic heterocycles. The highest BCUT2D eigenvalue weighted by molar-refractivity contribution is 6.53. The Hall–Kier alpha value is -2.16. The summed E-state index contributed by atoms with van der Waals surface area (Å²) in [6.07, 6.45) is 0. The van der Waals surface area contributed by atoms with Gasteiger partial charge in [-0.05, 0) is 42.0 Å². The van der Waals surface area contributed by atoms with E-state index in [0.717, 1.165) is 0 Å². The van der Waals surface area contributed by atoms with Gasteiger partial charge < -0.3 is 10.6 Å². The van der Waals surface area contributed by atoms with Gasteiger partial charge in [0.05, 0.1) is 16.5 Å². The highest BCUT2D eigenvalue weighted by atomic mass is 35.5. The summed E-state index contributed by atoms with van der Waals surface area (Å²) in [7, 11) is 0. The maximum Gasteiger partial charge on any atom is 0.257 e. The van der Waals surface area contributed by atoms with E-state index >= 15 is 0 Å². The van der Waals surface area contributed by atoms with E-state index in [1.54, 1.807) is 12.1 Å². The summed E-state index contributed by atoms with van der Waals surface area (Å²) in [6, 6.07) is 9.48. The van der Waals surface area contributed by atoms with Gasteiger partial charge in [-0.2, -0.15) is 0 Å². The van der Waals surface area contributed by atoms with Gasteiger partial charge in [0.25, 0.3) is 5.91 Å². The smallest absolute Gasteiger partial charge is 0.257 e. The van der Waals surface area contributed by atoms with Crippen molar-refractivity contribution in [3.8, 4) is 0 Å². The van der Waals surface area contributed by atoms with E-state index in [0.29, 0.717) is 27.7 Å². The minimum Gasteiger partial charge on any atom is -0.326 e. The lowest BCUT2D eigenvalue weighted by molar-refractivity contribution is -0.117. The Morgan fingerprint density at radius 3 is 2.03 bits per heavy atom. The van der Waals surface area contributed by atoms with Crippen molar-refractivity contribution < 1.29 is 22.8 Å². The van der Waals surface area contributed by atoms with Gasteiger partial charge in [0.15, 0.2) is 11.6 Å². The number of carbonyl (C=O) groups is 2. The third-order valence-electron chi connectivity index (χ3n) is 5.30. The van der Waals surface area contributed by atoms with Crippen LogP contribution in [0.15, 0.2) is 48.5 Å². The fourth-order valence-electron chi connectivity index (χ4n) is 3.66. The third kappa shape index (κ3) is 5.34. The molecule has 1 aliphatic rings. The monoisotopic (exact) mass is 580 g/mol. The van der Waals surface area contributed by atoms with E-state index in [2.05, 4.69) is 5.32 Å². The van der Waals surface area contributed by atoms with Gasteiger partial charge >= 0.3 is 0 Å². The predicted octanol–water partition coefficient (Wildman–Crippen LogP) is 7.84. The second-order valence-corrected chi connectivity index (χ2v) is 10.4. The van der Waals surface area contributed by atoms with Crippen LogP contribution in [0.3, 0.4) is 0 Å². The first-order valence-corrected chi connectivity index (χ1v) is 11.7. The van der Waals surface area contributed by atoms with Gasteiger partial charge in [-0.15, -0.1) is 23.2 Å². The van der Waals surface area contributed by atoms with Crippen LogP contribution in [0.5, 0.6) is 0 Å². The molecular weight excluding hydrogens is 571 g/mol. The Balaban J connectivity index is 1.53. The molecule has 1 aliphatic carbocycles. The van der Waals surface area contributed by atoms with Gasteiger partial charge in [-0.25, -0.2) is 13.2 Å². The second kappa shape index (κ2) is 9.71. The summed E-state index contributed by atoms with van der Waals surface area (Å²) < 4.78 is 39.5. The number of anilines is 2. The van der Waals surface area contributed by atoms with E-state index in [1.807, 2.05) is 5.32 Å². The average molecular weight is 583 g/mol. The maximum absolute atomic E-state index is 13.9. The topological polar surface area (TPSA) is 58.2 Å². The van der Waals surface area contributed by atoms with E-state index in [9.17, 15) is 22.8 Å². The van der Waals surface area contributed by atoms with Crippen molar-refractivity contribution in [2.45, 2.75) is 10.3 Å². The van der Waals surface area contributed by atoms with Crippen molar-refractivity contribution in [1.29, 1.82) is 0 Å². The summed E-state index contributed by atoms with van der Waals surface area (Å²) in [5.74, 6) is -6.76. The summed E-state index contributed by atoms with van der Waals surface area (Å²) in [4.78, 5) is 25.5. The standard InChI is InChI=1S/C23H12Cl5F3N2O2/c24-10-3-9(4-11(25)5-10)18-19(23(18,27)28)22(35)32-13-1-2-15(26)14(8-13)21(34)33-20-16(30)6-12(29)7-17(20)31/h1-8,18-19H,(H,32,35)(H,33,34)/t18-,19+/m0/s1. The first kappa shape index (κ1) is 25.9. The molecule has 0 radical (unpaired) electrons. The lowest BCUT2D eigenvalue weighted by atomic mass is 10.1. The highest BCUT2D eigenvalue weighted by Crippen LogP contribution is 2.65. The molecule has 0 heterocycles. The zero-order valence-corrected chi connectivity index (χ0v) is 20.9. The molecule has 4 nitrogen and oxygen atoms in total. The molecule has 2 amide bonds. The SMILES string of the molecule is O=C(Nc1c(F)cc(F)cc1F)c1cc(NC(=O)[C@H]2[C@H](c3cc(Cl)cc(Cl)c3)C2(Cl)Cl)ccc1Cl. The average Bonchev–Trinajstić information content (AvgIpc) is 3.33. The minimum absolute atomic E-state index is 0.0645. The van der Waals surface area contributed by atoms with Crippen molar-refractivity contribution in [1.82, 2.24) is 0 Å². The molecular formula is C23H12Cl5F3N2O2. The number of hydrogen-bond acceptors (Lipinski definition) is 2. The van der Waals surface area contributed by atoms with Crippen LogP contribution in [0, 0.1) is 23.4 Å². The molecule has 0 spiro atoms. The van der Waals surface area contributed by atoms with Crippen molar-refractivity contribution in [2.24, 2.45) is 5.92 Å². The Morgan fingerprint density at radius 2 is 1.43 bits per heavy atom. The fraction of sp³-hybridized carbons (Fsp3) is 0.130. The summed E-state index contributed by atoms with van der Waals surface area (Å²) in [5.41, 5.74) is -0.336. The van der Waals surface area contributed by atoms with Gasteiger partial charge in [-0.1, -0.05) is 34.8 Å². The summed E-state index contributed by atoms with van der Waals surface area (Å²) in [6.45, 7) is 0. The van der Waals surface area contributed by atoms with E-state index in [1.165, 1.54) is 24.3 Å². The number of halogens is 8. The van der Waals surface area contributed by atoms with Crippen LogP contribution in [0.25, 0.3) is 0 Å². The van der Waals surface area contributed by atoms with E-state index in [-0.39, 0.29) is 16.3 Å². The quantitative estimate of drug-likeness (QED) is 0.301. The Bertz CT molecular complexity index is 1330. The molecule has 182 valence electrons. The van der Waals surface area contributed by atoms with Crippen molar-refractivity contribution in [2.75, 3.05) is 10.6 Å². The second-order valence-electron chi connectivity index (χ2n) is 7.72. The minimum atomic E-state index is -1.43. The lowest BCUT2D eigenvalue weighted by Crippen LogP contribution is -2.19. The molecule has 4 rings (SSSR count). The van der Waals surface area contributed by atoms with Crippen molar-refractivity contribution >= 4 is 81.2 Å². The lowest BCUT2D eigenvalue weighted by Gasteiger charge is -2.11. The molecule has 0 saturated heterocycles. The molecule has 12 heteroatoms. The van der Waals surface area contributed by atoms with Crippen molar-refractivity contribution in [3.63, 3.8) is 0 Å². The number of benzene rings is 3. The first-order valence-electron chi connectivity index (χ1n) is 9.78. The van der Waals surface area contributed by atoms with E-state index in [4.69, 9.17) is 58.0 Å². The molecule has 2 N–H and O–H groups in total. The summed E-state index contributed by atoms with van der Waals surface area (Å²) in [5, 5.41) is 5.24. The number of nitrogens with one attached hydrogen (secondary N) is 2. The Labute approximate surface area is 222 Å². The summed E-state index contributed by atoms with van der Waals surface area (Å²) >= 11 is 30.8. The van der Waals surface area contributed by atoms with Gasteiger partial charge in [0.1, 0.15) is 15.8 Å². The zero-order chi connectivity index (χ0) is 25.7. The first-order chi connectivity index (χ1) is 16.4. The van der Waals surface area contributed by atoms with Crippen LogP contribution >= 0.6 is 58.0 Å². The van der Waals surface area contributed by atoms with E-state index < -0.39 is 51.1 Å². The molecule has 0 aliphatic heterocycles. The third-order valence-corrected chi connectivity index (χ3v) is 7.01. The predicted molar refractivity (Wildman–Crippen MR) is 131 cm³/mol. The number of rotatable bonds is 5.